The molecule has 1 amide bonds. The summed E-state index contributed by atoms with van der Waals surface area (Å²) >= 11 is 2.76. The Morgan fingerprint density at radius 1 is 0.968 bits per heavy atom. The van der Waals surface area contributed by atoms with E-state index in [-0.39, 0.29) is 5.91 Å². The quantitative estimate of drug-likeness (QED) is 0.400. The van der Waals surface area contributed by atoms with Gasteiger partial charge in [0.15, 0.2) is 16.6 Å². The lowest BCUT2D eigenvalue weighted by atomic mass is 10.0. The van der Waals surface area contributed by atoms with Crippen molar-refractivity contribution in [2.24, 2.45) is 0 Å². The highest BCUT2D eigenvalue weighted by Crippen LogP contribution is 2.39. The number of aryl methyl sites for hydroxylation is 2. The molecule has 2 aromatic heterocycles. The minimum atomic E-state index is -0.300. The molecule has 8 heteroatoms. The molecule has 2 aromatic carbocycles. The lowest BCUT2D eigenvalue weighted by Gasteiger charge is -2.10. The number of para-hydroxylation sites is 1. The molecule has 0 fully saturated rings. The van der Waals surface area contributed by atoms with Crippen LogP contribution in [0, 0.1) is 13.8 Å². The van der Waals surface area contributed by atoms with Crippen molar-refractivity contribution in [3.05, 3.63) is 64.0 Å². The topological polar surface area (TPSA) is 73.3 Å². The van der Waals surface area contributed by atoms with Gasteiger partial charge in [-0.25, -0.2) is 9.97 Å². The predicted molar refractivity (Wildman–Crippen MR) is 126 cm³/mol. The third-order valence-electron chi connectivity index (χ3n) is 4.75. The maximum Gasteiger partial charge on any atom is 0.276 e. The van der Waals surface area contributed by atoms with E-state index in [2.05, 4.69) is 47.3 Å². The van der Waals surface area contributed by atoms with Gasteiger partial charge in [-0.2, -0.15) is 0 Å². The first-order valence-corrected chi connectivity index (χ1v) is 11.3. The fourth-order valence-corrected chi connectivity index (χ4v) is 4.80. The number of nitrogens with zero attached hydrogens (tertiary/aromatic N) is 2. The summed E-state index contributed by atoms with van der Waals surface area (Å²) in [5.74, 6) is 0.901. The Morgan fingerprint density at radius 3 is 2.55 bits per heavy atom. The molecule has 4 aromatic rings. The van der Waals surface area contributed by atoms with Crippen molar-refractivity contribution in [3.63, 3.8) is 0 Å². The minimum absolute atomic E-state index is 0.300. The molecule has 31 heavy (non-hydrogen) atoms. The Labute approximate surface area is 188 Å². The fraction of sp³-hybridized carbons (Fsp3) is 0.174. The van der Waals surface area contributed by atoms with Crippen molar-refractivity contribution in [2.75, 3.05) is 19.5 Å². The normalized spacial score (nSPS) is 10.7. The zero-order chi connectivity index (χ0) is 22.0. The van der Waals surface area contributed by atoms with Crippen molar-refractivity contribution >= 4 is 33.7 Å². The van der Waals surface area contributed by atoms with Crippen LogP contribution in [0.2, 0.25) is 0 Å². The summed E-state index contributed by atoms with van der Waals surface area (Å²) in [7, 11) is 3.17. The van der Waals surface area contributed by atoms with E-state index in [1.54, 1.807) is 19.6 Å². The van der Waals surface area contributed by atoms with E-state index in [0.29, 0.717) is 27.3 Å². The van der Waals surface area contributed by atoms with Gasteiger partial charge < -0.3 is 9.47 Å². The zero-order valence-corrected chi connectivity index (χ0v) is 19.2. The third kappa shape index (κ3) is 4.30. The van der Waals surface area contributed by atoms with Crippen molar-refractivity contribution in [1.82, 2.24) is 9.97 Å². The third-order valence-corrected chi connectivity index (χ3v) is 6.39. The van der Waals surface area contributed by atoms with Crippen LogP contribution in [-0.2, 0) is 0 Å². The maximum absolute atomic E-state index is 12.7. The molecule has 6 nitrogen and oxygen atoms in total. The molecule has 0 atom stereocenters. The fourth-order valence-electron chi connectivity index (χ4n) is 3.27. The van der Waals surface area contributed by atoms with Crippen LogP contribution in [0.4, 0.5) is 5.13 Å². The molecule has 0 spiro atoms. The first kappa shape index (κ1) is 21.0. The molecular formula is C23H21N3O3S2. The van der Waals surface area contributed by atoms with Crippen molar-refractivity contribution < 1.29 is 14.3 Å². The summed E-state index contributed by atoms with van der Waals surface area (Å²) in [6, 6.07) is 11.8. The summed E-state index contributed by atoms with van der Waals surface area (Å²) in [5, 5.41) is 7.73. The van der Waals surface area contributed by atoms with E-state index in [9.17, 15) is 4.79 Å². The highest BCUT2D eigenvalue weighted by Gasteiger charge is 2.18. The first-order chi connectivity index (χ1) is 15.0. The number of carbonyl (C=O) groups is 1. The number of nitrogens with one attached hydrogen (secondary N) is 1. The second kappa shape index (κ2) is 8.87. The number of carbonyl (C=O) groups excluding carboxylic acids is 1. The molecule has 2 heterocycles. The van der Waals surface area contributed by atoms with Crippen molar-refractivity contribution in [3.8, 4) is 33.3 Å². The first-order valence-electron chi connectivity index (χ1n) is 9.51. The lowest BCUT2D eigenvalue weighted by molar-refractivity contribution is 0.102. The summed E-state index contributed by atoms with van der Waals surface area (Å²) in [5.41, 5.74) is 5.36. The number of hydrogen-bond acceptors (Lipinski definition) is 7. The SMILES string of the molecule is COc1cccc(-c2nc(C(=O)Nc3nc(-c4ccc(C)cc4C)cs3)cs2)c1OC. The van der Waals surface area contributed by atoms with Crippen LogP contribution in [0.5, 0.6) is 11.5 Å². The summed E-state index contributed by atoms with van der Waals surface area (Å²) in [4.78, 5) is 21.8. The second-order valence-corrected chi connectivity index (χ2v) is 8.61. The summed E-state index contributed by atoms with van der Waals surface area (Å²) in [6.07, 6.45) is 0. The van der Waals surface area contributed by atoms with Crippen LogP contribution < -0.4 is 14.8 Å². The van der Waals surface area contributed by atoms with Crippen LogP contribution >= 0.6 is 22.7 Å². The van der Waals surface area contributed by atoms with Gasteiger partial charge in [-0.05, 0) is 31.5 Å². The smallest absolute Gasteiger partial charge is 0.276 e. The number of methoxy groups -OCH3 is 2. The summed E-state index contributed by atoms with van der Waals surface area (Å²) in [6.45, 7) is 4.12. The number of anilines is 1. The number of aromatic nitrogens is 2. The maximum atomic E-state index is 12.7. The highest BCUT2D eigenvalue weighted by atomic mass is 32.1. The minimum Gasteiger partial charge on any atom is -0.493 e. The van der Waals surface area contributed by atoms with E-state index in [4.69, 9.17) is 9.47 Å². The van der Waals surface area contributed by atoms with Gasteiger partial charge in [-0.15, -0.1) is 22.7 Å². The molecule has 4 rings (SSSR count). The molecule has 0 saturated heterocycles. The van der Waals surface area contributed by atoms with Crippen LogP contribution in [0.25, 0.3) is 21.8 Å². The Bertz CT molecular complexity index is 1250. The Kier molecular flexibility index (Phi) is 6.01. The van der Waals surface area contributed by atoms with Crippen LogP contribution in [-0.4, -0.2) is 30.1 Å². The van der Waals surface area contributed by atoms with E-state index in [1.807, 2.05) is 23.6 Å². The van der Waals surface area contributed by atoms with Gasteiger partial charge in [0, 0.05) is 16.3 Å². The number of thiazole rings is 2. The molecule has 158 valence electrons. The largest absolute Gasteiger partial charge is 0.493 e. The monoisotopic (exact) mass is 451 g/mol. The molecule has 1 N–H and O–H groups in total. The van der Waals surface area contributed by atoms with Gasteiger partial charge in [0.05, 0.1) is 25.5 Å². The van der Waals surface area contributed by atoms with Gasteiger partial charge >= 0.3 is 0 Å². The van der Waals surface area contributed by atoms with E-state index in [1.165, 1.54) is 28.2 Å². The number of ether oxygens (including phenoxy) is 2. The van der Waals surface area contributed by atoms with E-state index < -0.39 is 0 Å². The highest BCUT2D eigenvalue weighted by molar-refractivity contribution is 7.14. The van der Waals surface area contributed by atoms with Crippen molar-refractivity contribution in [2.45, 2.75) is 13.8 Å². The molecule has 0 bridgehead atoms. The molecule has 0 radical (unpaired) electrons. The molecule has 0 unspecified atom stereocenters. The lowest BCUT2D eigenvalue weighted by Crippen LogP contribution is -2.12. The molecule has 0 saturated carbocycles. The van der Waals surface area contributed by atoms with Gasteiger partial charge in [0.25, 0.3) is 5.91 Å². The Balaban J connectivity index is 1.54. The Morgan fingerprint density at radius 2 is 1.81 bits per heavy atom. The molecule has 0 aliphatic carbocycles. The second-order valence-electron chi connectivity index (χ2n) is 6.89. The van der Waals surface area contributed by atoms with Crippen LogP contribution in [0.3, 0.4) is 0 Å². The van der Waals surface area contributed by atoms with Gasteiger partial charge in [-0.1, -0.05) is 29.8 Å². The summed E-state index contributed by atoms with van der Waals surface area (Å²) < 4.78 is 10.8. The van der Waals surface area contributed by atoms with Gasteiger partial charge in [0.1, 0.15) is 10.7 Å². The standard InChI is InChI=1S/C23H21N3O3S2/c1-13-8-9-15(14(2)10-13)17-11-31-23(25-17)26-21(27)18-12-30-22(24-18)16-6-5-7-19(28-3)20(16)29-4/h5-12H,1-4H3,(H,25,26,27). The van der Waals surface area contributed by atoms with Crippen LogP contribution in [0.15, 0.2) is 47.2 Å². The van der Waals surface area contributed by atoms with E-state index in [0.717, 1.165) is 22.4 Å². The van der Waals surface area contributed by atoms with Gasteiger partial charge in [0.2, 0.25) is 0 Å². The zero-order valence-electron chi connectivity index (χ0n) is 17.6. The van der Waals surface area contributed by atoms with Gasteiger partial charge in [-0.3, -0.25) is 10.1 Å². The number of benzene rings is 2. The molecular weight excluding hydrogens is 430 g/mol. The molecule has 0 aliphatic rings. The van der Waals surface area contributed by atoms with Crippen molar-refractivity contribution in [1.29, 1.82) is 0 Å². The number of amides is 1. The molecule has 0 aliphatic heterocycles. The number of rotatable bonds is 6. The van der Waals surface area contributed by atoms with Crippen LogP contribution in [0.1, 0.15) is 21.6 Å². The average molecular weight is 452 g/mol. The Hall–Kier alpha value is -3.23. The predicted octanol–water partition coefficient (Wildman–Crippen LogP) is 5.82. The average Bonchev–Trinajstić information content (AvgIpc) is 3.43. The number of hydrogen-bond donors (Lipinski definition) is 1. The van der Waals surface area contributed by atoms with E-state index >= 15 is 0 Å².